The fourth-order valence-corrected chi connectivity index (χ4v) is 0.776. The second-order valence-electron chi connectivity index (χ2n) is 2.26. The van der Waals surface area contributed by atoms with Gasteiger partial charge < -0.3 is 5.73 Å². The van der Waals surface area contributed by atoms with Crippen LogP contribution in [0.15, 0.2) is 18.5 Å². The Labute approximate surface area is 90.8 Å². The van der Waals surface area contributed by atoms with Crippen molar-refractivity contribution in [3.8, 4) is 11.8 Å². The normalized spacial score (nSPS) is 7.23. The number of hydrogen-bond acceptors (Lipinski definition) is 2. The molecule has 1 heterocycles. The molecule has 0 unspecified atom stereocenters. The SMILES string of the molecule is Cc1cncc(C#CCN)c1.Cl.Cl. The van der Waals surface area contributed by atoms with Crippen LogP contribution in [-0.2, 0) is 0 Å². The van der Waals surface area contributed by atoms with Crippen LogP contribution in [-0.4, -0.2) is 11.5 Å². The number of hydrogen-bond donors (Lipinski definition) is 1. The summed E-state index contributed by atoms with van der Waals surface area (Å²) in [4.78, 5) is 3.99. The molecule has 0 aliphatic rings. The Hall–Kier alpha value is -0.750. The highest BCUT2D eigenvalue weighted by molar-refractivity contribution is 5.85. The summed E-state index contributed by atoms with van der Waals surface area (Å²) in [7, 11) is 0. The number of rotatable bonds is 0. The van der Waals surface area contributed by atoms with Crippen molar-refractivity contribution in [2.24, 2.45) is 5.73 Å². The monoisotopic (exact) mass is 218 g/mol. The maximum Gasteiger partial charge on any atom is 0.0555 e. The highest BCUT2D eigenvalue weighted by Gasteiger charge is 1.86. The van der Waals surface area contributed by atoms with Gasteiger partial charge in [-0.15, -0.1) is 24.8 Å². The molecule has 1 aromatic heterocycles. The molecule has 13 heavy (non-hydrogen) atoms. The lowest BCUT2D eigenvalue weighted by Gasteiger charge is -1.90. The molecule has 0 radical (unpaired) electrons. The number of pyridine rings is 1. The minimum Gasteiger partial charge on any atom is -0.320 e. The smallest absolute Gasteiger partial charge is 0.0555 e. The van der Waals surface area contributed by atoms with Crippen LogP contribution in [0.3, 0.4) is 0 Å². The summed E-state index contributed by atoms with van der Waals surface area (Å²) in [6.07, 6.45) is 3.53. The molecule has 0 aliphatic heterocycles. The van der Waals surface area contributed by atoms with E-state index < -0.39 is 0 Å². The van der Waals surface area contributed by atoms with Gasteiger partial charge in [0.1, 0.15) is 0 Å². The van der Waals surface area contributed by atoms with E-state index in [0.717, 1.165) is 11.1 Å². The lowest BCUT2D eigenvalue weighted by atomic mass is 10.2. The van der Waals surface area contributed by atoms with Crippen molar-refractivity contribution >= 4 is 24.8 Å². The topological polar surface area (TPSA) is 38.9 Å². The Morgan fingerprint density at radius 2 is 2.08 bits per heavy atom. The van der Waals surface area contributed by atoms with Gasteiger partial charge in [0.05, 0.1) is 6.54 Å². The second kappa shape index (κ2) is 7.88. The molecule has 0 saturated carbocycles. The Kier molecular flexibility index (Phi) is 8.94. The summed E-state index contributed by atoms with van der Waals surface area (Å²) in [5.74, 6) is 5.68. The Morgan fingerprint density at radius 3 is 2.62 bits per heavy atom. The van der Waals surface area contributed by atoms with Crippen LogP contribution in [0.4, 0.5) is 0 Å². The van der Waals surface area contributed by atoms with Crippen molar-refractivity contribution in [3.05, 3.63) is 29.6 Å². The summed E-state index contributed by atoms with van der Waals surface area (Å²) < 4.78 is 0. The molecular formula is C9H12Cl2N2. The molecule has 1 aromatic rings. The lowest BCUT2D eigenvalue weighted by Crippen LogP contribution is -1.93. The summed E-state index contributed by atoms with van der Waals surface area (Å²) >= 11 is 0. The first-order valence-electron chi connectivity index (χ1n) is 3.43. The fourth-order valence-electron chi connectivity index (χ4n) is 0.776. The van der Waals surface area contributed by atoms with E-state index in [2.05, 4.69) is 16.8 Å². The largest absolute Gasteiger partial charge is 0.320 e. The van der Waals surface area contributed by atoms with Gasteiger partial charge in [-0.3, -0.25) is 4.98 Å². The van der Waals surface area contributed by atoms with Crippen LogP contribution in [0.1, 0.15) is 11.1 Å². The molecule has 1 rings (SSSR count). The van der Waals surface area contributed by atoms with Crippen molar-refractivity contribution < 1.29 is 0 Å². The van der Waals surface area contributed by atoms with Gasteiger partial charge in [0.2, 0.25) is 0 Å². The van der Waals surface area contributed by atoms with Crippen LogP contribution < -0.4 is 5.73 Å². The van der Waals surface area contributed by atoms with E-state index in [0.29, 0.717) is 6.54 Å². The van der Waals surface area contributed by atoms with Crippen LogP contribution in [0.25, 0.3) is 0 Å². The number of aromatic nitrogens is 1. The first-order chi connectivity index (χ1) is 5.33. The molecule has 0 fully saturated rings. The maximum atomic E-state index is 5.22. The Balaban J connectivity index is 0. The van der Waals surface area contributed by atoms with E-state index >= 15 is 0 Å². The number of halogens is 2. The molecule has 0 aromatic carbocycles. The first-order valence-corrected chi connectivity index (χ1v) is 3.43. The fraction of sp³-hybridized carbons (Fsp3) is 0.222. The highest BCUT2D eigenvalue weighted by Crippen LogP contribution is 1.97. The predicted octanol–water partition coefficient (Wildman–Crippen LogP) is 1.54. The van der Waals surface area contributed by atoms with E-state index in [1.807, 2.05) is 13.0 Å². The summed E-state index contributed by atoms with van der Waals surface area (Å²) in [6, 6.07) is 1.98. The number of nitrogens with two attached hydrogens (primary N) is 1. The van der Waals surface area contributed by atoms with Gasteiger partial charge >= 0.3 is 0 Å². The zero-order valence-corrected chi connectivity index (χ0v) is 8.91. The van der Waals surface area contributed by atoms with E-state index in [1.165, 1.54) is 0 Å². The second-order valence-corrected chi connectivity index (χ2v) is 2.26. The van der Waals surface area contributed by atoms with E-state index in [9.17, 15) is 0 Å². The molecule has 4 heteroatoms. The van der Waals surface area contributed by atoms with E-state index in [1.54, 1.807) is 12.4 Å². The zero-order valence-electron chi connectivity index (χ0n) is 7.28. The molecule has 0 amide bonds. The minimum absolute atomic E-state index is 0. The third-order valence-electron chi connectivity index (χ3n) is 1.21. The van der Waals surface area contributed by atoms with Crippen molar-refractivity contribution in [2.75, 3.05) is 6.54 Å². The van der Waals surface area contributed by atoms with Gasteiger partial charge in [-0.1, -0.05) is 11.8 Å². The molecule has 0 atom stereocenters. The summed E-state index contributed by atoms with van der Waals surface area (Å²) in [5.41, 5.74) is 7.27. The molecule has 0 saturated heterocycles. The van der Waals surface area contributed by atoms with Crippen molar-refractivity contribution in [3.63, 3.8) is 0 Å². The molecule has 72 valence electrons. The molecule has 2 N–H and O–H groups in total. The Bertz CT molecular complexity index is 302. The zero-order chi connectivity index (χ0) is 8.10. The average molecular weight is 219 g/mol. The van der Waals surface area contributed by atoms with Crippen LogP contribution >= 0.6 is 24.8 Å². The standard InChI is InChI=1S/C9H10N2.2ClH/c1-8-5-9(3-2-4-10)7-11-6-8;;/h5-7H,4,10H2,1H3;2*1H. The van der Waals surface area contributed by atoms with Gasteiger partial charge in [0.15, 0.2) is 0 Å². The maximum absolute atomic E-state index is 5.22. The highest BCUT2D eigenvalue weighted by atomic mass is 35.5. The van der Waals surface area contributed by atoms with E-state index in [-0.39, 0.29) is 24.8 Å². The minimum atomic E-state index is 0. The van der Waals surface area contributed by atoms with Crippen LogP contribution in [0, 0.1) is 18.8 Å². The van der Waals surface area contributed by atoms with Crippen molar-refractivity contribution in [1.82, 2.24) is 4.98 Å². The van der Waals surface area contributed by atoms with E-state index in [4.69, 9.17) is 5.73 Å². The van der Waals surface area contributed by atoms with Gasteiger partial charge in [0.25, 0.3) is 0 Å². The number of nitrogens with zero attached hydrogens (tertiary/aromatic N) is 1. The number of aryl methyl sites for hydroxylation is 1. The van der Waals surface area contributed by atoms with Crippen molar-refractivity contribution in [2.45, 2.75) is 6.92 Å². The molecule has 0 spiro atoms. The van der Waals surface area contributed by atoms with Gasteiger partial charge in [-0.05, 0) is 18.6 Å². The average Bonchev–Trinajstić information content (AvgIpc) is 2.01. The first kappa shape index (κ1) is 14.8. The third-order valence-corrected chi connectivity index (χ3v) is 1.21. The summed E-state index contributed by atoms with van der Waals surface area (Å²) in [5, 5.41) is 0. The van der Waals surface area contributed by atoms with Gasteiger partial charge in [0, 0.05) is 18.0 Å². The molecular weight excluding hydrogens is 207 g/mol. The van der Waals surface area contributed by atoms with Crippen molar-refractivity contribution in [1.29, 1.82) is 0 Å². The summed E-state index contributed by atoms with van der Waals surface area (Å²) in [6.45, 7) is 2.38. The Morgan fingerprint density at radius 1 is 1.38 bits per heavy atom. The molecule has 2 nitrogen and oxygen atoms in total. The third kappa shape index (κ3) is 5.48. The quantitative estimate of drug-likeness (QED) is 0.672. The lowest BCUT2D eigenvalue weighted by molar-refractivity contribution is 1.25. The van der Waals surface area contributed by atoms with Crippen LogP contribution in [0.5, 0.6) is 0 Å². The predicted molar refractivity (Wildman–Crippen MR) is 59.4 cm³/mol. The van der Waals surface area contributed by atoms with Crippen LogP contribution in [0.2, 0.25) is 0 Å². The van der Waals surface area contributed by atoms with Gasteiger partial charge in [-0.2, -0.15) is 0 Å². The molecule has 0 bridgehead atoms. The van der Waals surface area contributed by atoms with Gasteiger partial charge in [-0.25, -0.2) is 0 Å². The molecule has 0 aliphatic carbocycles.